The van der Waals surface area contributed by atoms with Crippen LogP contribution in [-0.4, -0.2) is 14.8 Å². The molecule has 0 radical (unpaired) electrons. The van der Waals surface area contributed by atoms with E-state index in [0.29, 0.717) is 5.56 Å². The Balaban J connectivity index is 0.000000980. The van der Waals surface area contributed by atoms with Crippen molar-refractivity contribution in [3.05, 3.63) is 30.1 Å². The third-order valence-electron chi connectivity index (χ3n) is 1.95. The van der Waals surface area contributed by atoms with E-state index in [4.69, 9.17) is 11.6 Å². The van der Waals surface area contributed by atoms with Crippen LogP contribution in [0.4, 0.5) is 0 Å². The van der Waals surface area contributed by atoms with Gasteiger partial charge in [0.2, 0.25) is 0 Å². The summed E-state index contributed by atoms with van der Waals surface area (Å²) in [6, 6.07) is 5.21. The van der Waals surface area contributed by atoms with Gasteiger partial charge in [0.05, 0.1) is 17.4 Å². The molecule has 0 atom stereocenters. The highest BCUT2D eigenvalue weighted by Crippen LogP contribution is 2.14. The molecular weight excluding hydrogens is 223 g/mol. The molecule has 14 heavy (non-hydrogen) atoms. The molecule has 1 aromatic heterocycles. The molecule has 2 aromatic rings. The van der Waals surface area contributed by atoms with E-state index in [1.807, 2.05) is 17.7 Å². The molecule has 0 aliphatic carbocycles. The number of carbonyl (C=O) groups is 1. The first-order valence-corrected chi connectivity index (χ1v) is 4.17. The summed E-state index contributed by atoms with van der Waals surface area (Å²) < 4.78 is 1.89. The van der Waals surface area contributed by atoms with E-state index in [1.54, 1.807) is 18.5 Å². The Morgan fingerprint density at radius 3 is 2.86 bits per heavy atom. The molecule has 2 rings (SSSR count). The van der Waals surface area contributed by atoms with Crippen LogP contribution in [0.5, 0.6) is 0 Å². The molecular formula is C9H8Cl2N2O. The highest BCUT2D eigenvalue weighted by Gasteiger charge is 2.04. The number of nitrogens with zero attached hydrogens (tertiary/aromatic N) is 2. The summed E-state index contributed by atoms with van der Waals surface area (Å²) in [4.78, 5) is 14.9. The molecule has 0 unspecified atom stereocenters. The third kappa shape index (κ3) is 1.74. The summed E-state index contributed by atoms with van der Waals surface area (Å²) in [6.45, 7) is 0. The lowest BCUT2D eigenvalue weighted by molar-refractivity contribution is 0.108. The maximum absolute atomic E-state index is 10.8. The topological polar surface area (TPSA) is 34.9 Å². The highest BCUT2D eigenvalue weighted by atomic mass is 35.5. The quantitative estimate of drug-likeness (QED) is 0.706. The summed E-state index contributed by atoms with van der Waals surface area (Å²) in [6.07, 6.45) is 1.70. The molecule has 0 bridgehead atoms. The highest BCUT2D eigenvalue weighted by molar-refractivity contribution is 6.67. The summed E-state index contributed by atoms with van der Waals surface area (Å²) in [7, 11) is 1.90. The molecule has 3 nitrogen and oxygen atoms in total. The molecule has 0 fully saturated rings. The van der Waals surface area contributed by atoms with Crippen molar-refractivity contribution in [3.8, 4) is 0 Å². The molecule has 74 valence electrons. The number of aromatic nitrogens is 2. The van der Waals surface area contributed by atoms with Gasteiger partial charge in [-0.3, -0.25) is 4.79 Å². The number of aryl methyl sites for hydroxylation is 1. The van der Waals surface area contributed by atoms with Crippen LogP contribution in [-0.2, 0) is 7.05 Å². The van der Waals surface area contributed by atoms with Gasteiger partial charge in [-0.25, -0.2) is 4.98 Å². The lowest BCUT2D eigenvalue weighted by Crippen LogP contribution is -1.89. The number of hydrogen-bond acceptors (Lipinski definition) is 2. The van der Waals surface area contributed by atoms with Crippen molar-refractivity contribution in [2.75, 3.05) is 0 Å². The zero-order valence-electron chi connectivity index (χ0n) is 7.40. The van der Waals surface area contributed by atoms with Gasteiger partial charge in [-0.2, -0.15) is 0 Å². The number of rotatable bonds is 1. The molecule has 0 aliphatic heterocycles. The van der Waals surface area contributed by atoms with E-state index in [1.165, 1.54) is 0 Å². The van der Waals surface area contributed by atoms with Crippen LogP contribution in [0.3, 0.4) is 0 Å². The Labute approximate surface area is 92.1 Å². The minimum absolute atomic E-state index is 0. The minimum Gasteiger partial charge on any atom is -0.334 e. The van der Waals surface area contributed by atoms with Crippen LogP contribution in [0.15, 0.2) is 24.5 Å². The van der Waals surface area contributed by atoms with Gasteiger partial charge in [-0.15, -0.1) is 12.4 Å². The lowest BCUT2D eigenvalue weighted by Gasteiger charge is -1.95. The normalized spacial score (nSPS) is 9.86. The first-order chi connectivity index (χ1) is 6.18. The SMILES string of the molecule is Cl.Cn1cnc2cc(C(=O)Cl)ccc21. The second-order valence-electron chi connectivity index (χ2n) is 2.83. The third-order valence-corrected chi connectivity index (χ3v) is 2.17. The summed E-state index contributed by atoms with van der Waals surface area (Å²) in [5.41, 5.74) is 2.25. The molecule has 0 spiro atoms. The predicted molar refractivity (Wildman–Crippen MR) is 58.1 cm³/mol. The van der Waals surface area contributed by atoms with Crippen molar-refractivity contribution in [1.29, 1.82) is 0 Å². The van der Waals surface area contributed by atoms with Gasteiger partial charge in [-0.05, 0) is 29.8 Å². The second kappa shape index (κ2) is 3.98. The number of hydrogen-bond donors (Lipinski definition) is 0. The van der Waals surface area contributed by atoms with Gasteiger partial charge in [0, 0.05) is 12.6 Å². The van der Waals surface area contributed by atoms with Crippen LogP contribution >= 0.6 is 24.0 Å². The molecule has 1 aromatic carbocycles. The van der Waals surface area contributed by atoms with Gasteiger partial charge in [0.15, 0.2) is 0 Å². The number of benzene rings is 1. The Hall–Kier alpha value is -1.06. The zero-order chi connectivity index (χ0) is 9.42. The predicted octanol–water partition coefficient (Wildman–Crippen LogP) is 2.37. The van der Waals surface area contributed by atoms with E-state index in [-0.39, 0.29) is 12.4 Å². The van der Waals surface area contributed by atoms with Gasteiger partial charge >= 0.3 is 0 Å². The minimum atomic E-state index is -0.451. The number of halogens is 2. The van der Waals surface area contributed by atoms with E-state index in [2.05, 4.69) is 4.98 Å². The summed E-state index contributed by atoms with van der Waals surface area (Å²) in [5, 5.41) is -0.451. The monoisotopic (exact) mass is 230 g/mol. The van der Waals surface area contributed by atoms with Crippen LogP contribution in [0.2, 0.25) is 0 Å². The standard InChI is InChI=1S/C9H7ClN2O.ClH/c1-12-5-11-7-4-6(9(10)13)2-3-8(7)12;/h2-5H,1H3;1H. The van der Waals surface area contributed by atoms with Gasteiger partial charge < -0.3 is 4.57 Å². The average Bonchev–Trinajstić information content (AvgIpc) is 2.47. The Morgan fingerprint density at radius 1 is 1.50 bits per heavy atom. The van der Waals surface area contributed by atoms with Gasteiger partial charge in [-0.1, -0.05) is 0 Å². The number of imidazole rings is 1. The molecule has 0 N–H and O–H groups in total. The Morgan fingerprint density at radius 2 is 2.21 bits per heavy atom. The van der Waals surface area contributed by atoms with Gasteiger partial charge in [0.1, 0.15) is 0 Å². The Kier molecular flexibility index (Phi) is 3.13. The van der Waals surface area contributed by atoms with E-state index in [0.717, 1.165) is 11.0 Å². The number of fused-ring (bicyclic) bond motifs is 1. The van der Waals surface area contributed by atoms with Crippen molar-refractivity contribution in [2.45, 2.75) is 0 Å². The van der Waals surface area contributed by atoms with Crippen LogP contribution < -0.4 is 0 Å². The van der Waals surface area contributed by atoms with Crippen LogP contribution in [0.1, 0.15) is 10.4 Å². The fraction of sp³-hybridized carbons (Fsp3) is 0.111. The maximum Gasteiger partial charge on any atom is 0.252 e. The van der Waals surface area contributed by atoms with E-state index in [9.17, 15) is 4.79 Å². The van der Waals surface area contributed by atoms with Crippen molar-refractivity contribution in [3.63, 3.8) is 0 Å². The second-order valence-corrected chi connectivity index (χ2v) is 3.18. The zero-order valence-corrected chi connectivity index (χ0v) is 8.97. The Bertz CT molecular complexity index is 479. The molecule has 0 aliphatic rings. The number of carbonyl (C=O) groups excluding carboxylic acids is 1. The molecule has 0 saturated carbocycles. The molecule has 1 heterocycles. The largest absolute Gasteiger partial charge is 0.334 e. The van der Waals surface area contributed by atoms with Crippen molar-refractivity contribution in [2.24, 2.45) is 7.05 Å². The van der Waals surface area contributed by atoms with Crippen molar-refractivity contribution < 1.29 is 4.79 Å². The first kappa shape index (κ1) is 11.0. The van der Waals surface area contributed by atoms with Crippen LogP contribution in [0.25, 0.3) is 11.0 Å². The fourth-order valence-corrected chi connectivity index (χ4v) is 1.38. The van der Waals surface area contributed by atoms with E-state index >= 15 is 0 Å². The first-order valence-electron chi connectivity index (χ1n) is 3.79. The molecule has 0 saturated heterocycles. The van der Waals surface area contributed by atoms with Crippen molar-refractivity contribution >= 4 is 40.3 Å². The fourth-order valence-electron chi connectivity index (χ4n) is 1.26. The lowest BCUT2D eigenvalue weighted by atomic mass is 10.2. The molecule has 0 amide bonds. The van der Waals surface area contributed by atoms with Crippen molar-refractivity contribution in [1.82, 2.24) is 9.55 Å². The molecule has 5 heteroatoms. The van der Waals surface area contributed by atoms with E-state index < -0.39 is 5.24 Å². The summed E-state index contributed by atoms with van der Waals surface area (Å²) >= 11 is 5.34. The average molecular weight is 231 g/mol. The maximum atomic E-state index is 10.8. The smallest absolute Gasteiger partial charge is 0.252 e. The van der Waals surface area contributed by atoms with Crippen LogP contribution in [0, 0.1) is 0 Å². The summed E-state index contributed by atoms with van der Waals surface area (Å²) in [5.74, 6) is 0. The van der Waals surface area contributed by atoms with Gasteiger partial charge in [0.25, 0.3) is 5.24 Å².